The molecule has 108 valence electrons. The summed E-state index contributed by atoms with van der Waals surface area (Å²) < 4.78 is 11.1. The molecule has 0 aliphatic heterocycles. The van der Waals surface area contributed by atoms with Gasteiger partial charge in [0.15, 0.2) is 11.5 Å². The lowest BCUT2D eigenvalue weighted by Gasteiger charge is -2.12. The van der Waals surface area contributed by atoms with E-state index in [1.165, 1.54) is 32.1 Å². The monoisotopic (exact) mass is 265 g/mol. The van der Waals surface area contributed by atoms with Crippen LogP contribution in [0.15, 0.2) is 18.2 Å². The molecule has 1 aromatic carbocycles. The molecule has 0 unspecified atom stereocenters. The number of unbranched alkanes of at least 4 members (excludes halogenated alkanes) is 5. The molecule has 0 fully saturated rings. The fourth-order valence-corrected chi connectivity index (χ4v) is 2.01. The van der Waals surface area contributed by atoms with E-state index in [-0.39, 0.29) is 0 Å². The summed E-state index contributed by atoms with van der Waals surface area (Å²) in [5, 5.41) is 3.09. The minimum absolute atomic E-state index is 0.765. The maximum atomic E-state index is 5.78. The van der Waals surface area contributed by atoms with Crippen LogP contribution >= 0.6 is 0 Å². The van der Waals surface area contributed by atoms with E-state index in [2.05, 4.69) is 12.2 Å². The maximum Gasteiger partial charge on any atom is 0.162 e. The zero-order chi connectivity index (χ0) is 13.9. The third-order valence-corrected chi connectivity index (χ3v) is 3.21. The Hall–Kier alpha value is -1.38. The van der Waals surface area contributed by atoms with Crippen molar-refractivity contribution in [2.75, 3.05) is 26.1 Å². The van der Waals surface area contributed by atoms with Gasteiger partial charge in [-0.25, -0.2) is 0 Å². The van der Waals surface area contributed by atoms with Crippen LogP contribution in [0.4, 0.5) is 5.69 Å². The van der Waals surface area contributed by atoms with Gasteiger partial charge in [0.2, 0.25) is 0 Å². The molecule has 0 aromatic heterocycles. The van der Waals surface area contributed by atoms with Gasteiger partial charge in [0.1, 0.15) is 0 Å². The lowest BCUT2D eigenvalue weighted by molar-refractivity contribution is 0.285. The summed E-state index contributed by atoms with van der Waals surface area (Å²) in [5.41, 5.74) is 1.03. The van der Waals surface area contributed by atoms with Crippen molar-refractivity contribution in [1.29, 1.82) is 0 Å². The summed E-state index contributed by atoms with van der Waals surface area (Å²) in [6.45, 7) is 3.01. The molecule has 0 aliphatic carbocycles. The van der Waals surface area contributed by atoms with Gasteiger partial charge in [0.25, 0.3) is 0 Å². The first kappa shape index (κ1) is 15.7. The van der Waals surface area contributed by atoms with Crippen molar-refractivity contribution in [3.05, 3.63) is 18.2 Å². The summed E-state index contributed by atoms with van der Waals surface area (Å²) in [5.74, 6) is 1.62. The van der Waals surface area contributed by atoms with Crippen LogP contribution in [0.3, 0.4) is 0 Å². The Bertz CT molecular complexity index is 353. The molecule has 0 radical (unpaired) electrons. The van der Waals surface area contributed by atoms with Gasteiger partial charge in [-0.15, -0.1) is 0 Å². The fraction of sp³-hybridized carbons (Fsp3) is 0.625. The third kappa shape index (κ3) is 5.86. The molecule has 0 spiro atoms. The van der Waals surface area contributed by atoms with Crippen LogP contribution in [0.1, 0.15) is 45.4 Å². The van der Waals surface area contributed by atoms with Crippen LogP contribution in [0.5, 0.6) is 11.5 Å². The zero-order valence-corrected chi connectivity index (χ0v) is 12.5. The van der Waals surface area contributed by atoms with Crippen LogP contribution < -0.4 is 14.8 Å². The van der Waals surface area contributed by atoms with E-state index in [0.717, 1.165) is 30.2 Å². The van der Waals surface area contributed by atoms with E-state index in [4.69, 9.17) is 9.47 Å². The summed E-state index contributed by atoms with van der Waals surface area (Å²) >= 11 is 0. The van der Waals surface area contributed by atoms with E-state index >= 15 is 0 Å². The Kier molecular flexibility index (Phi) is 7.87. The van der Waals surface area contributed by atoms with Gasteiger partial charge >= 0.3 is 0 Å². The number of ether oxygens (including phenoxy) is 2. The lowest BCUT2D eigenvalue weighted by atomic mass is 10.1. The molecule has 19 heavy (non-hydrogen) atoms. The molecule has 0 amide bonds. The number of methoxy groups -OCH3 is 1. The molecule has 0 bridgehead atoms. The lowest BCUT2D eigenvalue weighted by Crippen LogP contribution is -2.00. The van der Waals surface area contributed by atoms with Crippen molar-refractivity contribution in [3.8, 4) is 11.5 Å². The normalized spacial score (nSPS) is 10.3. The molecule has 1 N–H and O–H groups in total. The molecule has 1 aromatic rings. The molecule has 3 nitrogen and oxygen atoms in total. The Balaban J connectivity index is 2.28. The average Bonchev–Trinajstić information content (AvgIpc) is 2.46. The topological polar surface area (TPSA) is 30.5 Å². The predicted octanol–water partition coefficient (Wildman–Crippen LogP) is 4.48. The minimum atomic E-state index is 0.765. The van der Waals surface area contributed by atoms with E-state index in [1.54, 1.807) is 7.11 Å². The van der Waals surface area contributed by atoms with Crippen molar-refractivity contribution in [3.63, 3.8) is 0 Å². The highest BCUT2D eigenvalue weighted by Crippen LogP contribution is 2.30. The Morgan fingerprint density at radius 3 is 2.42 bits per heavy atom. The van der Waals surface area contributed by atoms with Gasteiger partial charge in [-0.05, 0) is 18.6 Å². The summed E-state index contributed by atoms with van der Waals surface area (Å²) in [4.78, 5) is 0. The van der Waals surface area contributed by atoms with E-state index < -0.39 is 0 Å². The van der Waals surface area contributed by atoms with E-state index in [9.17, 15) is 0 Å². The molecule has 0 saturated carbocycles. The number of hydrogen-bond acceptors (Lipinski definition) is 3. The first-order valence-corrected chi connectivity index (χ1v) is 7.30. The van der Waals surface area contributed by atoms with E-state index in [0.29, 0.717) is 0 Å². The van der Waals surface area contributed by atoms with Crippen LogP contribution in [0.2, 0.25) is 0 Å². The second-order valence-corrected chi connectivity index (χ2v) is 4.73. The van der Waals surface area contributed by atoms with Gasteiger partial charge in [-0.3, -0.25) is 0 Å². The van der Waals surface area contributed by atoms with Crippen molar-refractivity contribution in [1.82, 2.24) is 0 Å². The van der Waals surface area contributed by atoms with Crippen LogP contribution in [0.25, 0.3) is 0 Å². The van der Waals surface area contributed by atoms with Crippen molar-refractivity contribution >= 4 is 5.69 Å². The van der Waals surface area contributed by atoms with Crippen molar-refractivity contribution in [2.24, 2.45) is 0 Å². The SMILES string of the molecule is CCCCCCCCOc1ccc(NC)cc1OC. The number of rotatable bonds is 10. The first-order valence-electron chi connectivity index (χ1n) is 7.30. The summed E-state index contributed by atoms with van der Waals surface area (Å²) in [7, 11) is 3.57. The number of hydrogen-bond donors (Lipinski definition) is 1. The van der Waals surface area contributed by atoms with Crippen LogP contribution in [-0.4, -0.2) is 20.8 Å². The molecule has 0 aliphatic rings. The molecule has 0 atom stereocenters. The van der Waals surface area contributed by atoms with Gasteiger partial charge in [-0.2, -0.15) is 0 Å². The third-order valence-electron chi connectivity index (χ3n) is 3.21. The van der Waals surface area contributed by atoms with Gasteiger partial charge in [-0.1, -0.05) is 39.0 Å². The van der Waals surface area contributed by atoms with Crippen molar-refractivity contribution in [2.45, 2.75) is 45.4 Å². The van der Waals surface area contributed by atoms with Gasteiger partial charge in [0, 0.05) is 18.8 Å². The largest absolute Gasteiger partial charge is 0.493 e. The maximum absolute atomic E-state index is 5.78. The number of anilines is 1. The smallest absolute Gasteiger partial charge is 0.162 e. The Morgan fingerprint density at radius 1 is 1.00 bits per heavy atom. The number of benzene rings is 1. The molecule has 0 saturated heterocycles. The first-order chi connectivity index (χ1) is 9.31. The fourth-order valence-electron chi connectivity index (χ4n) is 2.01. The average molecular weight is 265 g/mol. The predicted molar refractivity (Wildman–Crippen MR) is 81.4 cm³/mol. The van der Waals surface area contributed by atoms with Crippen LogP contribution in [-0.2, 0) is 0 Å². The molecular weight excluding hydrogens is 238 g/mol. The summed E-state index contributed by atoms with van der Waals surface area (Å²) in [6, 6.07) is 5.91. The van der Waals surface area contributed by atoms with Gasteiger partial charge < -0.3 is 14.8 Å². The second kappa shape index (κ2) is 9.54. The molecule has 0 heterocycles. The molecule has 3 heteroatoms. The van der Waals surface area contributed by atoms with E-state index in [1.807, 2.05) is 25.2 Å². The highest BCUT2D eigenvalue weighted by molar-refractivity contribution is 5.54. The standard InChI is InChI=1S/C16H27NO2/c1-4-5-6-7-8-9-12-19-15-11-10-14(17-2)13-16(15)18-3/h10-11,13,17H,4-9,12H2,1-3H3. The van der Waals surface area contributed by atoms with Crippen LogP contribution in [0, 0.1) is 0 Å². The minimum Gasteiger partial charge on any atom is -0.493 e. The second-order valence-electron chi connectivity index (χ2n) is 4.73. The number of nitrogens with one attached hydrogen (secondary N) is 1. The highest BCUT2D eigenvalue weighted by Gasteiger charge is 2.04. The van der Waals surface area contributed by atoms with Gasteiger partial charge in [0.05, 0.1) is 13.7 Å². The Morgan fingerprint density at radius 2 is 1.74 bits per heavy atom. The molecular formula is C16H27NO2. The molecule has 1 rings (SSSR count). The Labute approximate surface area is 117 Å². The zero-order valence-electron chi connectivity index (χ0n) is 12.5. The summed E-state index contributed by atoms with van der Waals surface area (Å²) in [6.07, 6.45) is 7.66. The quantitative estimate of drug-likeness (QED) is 0.633. The van der Waals surface area contributed by atoms with Crippen molar-refractivity contribution < 1.29 is 9.47 Å². The highest BCUT2D eigenvalue weighted by atomic mass is 16.5.